The van der Waals surface area contributed by atoms with Crippen molar-refractivity contribution in [3.63, 3.8) is 0 Å². The molecule has 0 saturated heterocycles. The summed E-state index contributed by atoms with van der Waals surface area (Å²) in [6.45, 7) is 10.2. The summed E-state index contributed by atoms with van der Waals surface area (Å²) >= 11 is 0. The van der Waals surface area contributed by atoms with Crippen molar-refractivity contribution in [3.8, 4) is 5.75 Å². The molecular formula is C20H27N3O4. The van der Waals surface area contributed by atoms with Crippen molar-refractivity contribution in [2.24, 2.45) is 5.92 Å². The molecule has 0 unspecified atom stereocenters. The van der Waals surface area contributed by atoms with E-state index in [0.717, 1.165) is 0 Å². The van der Waals surface area contributed by atoms with Crippen molar-refractivity contribution in [3.05, 3.63) is 42.1 Å². The van der Waals surface area contributed by atoms with Crippen LogP contribution in [-0.2, 0) is 9.53 Å². The Hall–Kier alpha value is -2.83. The van der Waals surface area contributed by atoms with E-state index in [1.54, 1.807) is 41.2 Å². The number of hydrogen-bond acceptors (Lipinski definition) is 5. The van der Waals surface area contributed by atoms with E-state index in [0.29, 0.717) is 29.7 Å². The average Bonchev–Trinajstić information content (AvgIpc) is 3.08. The summed E-state index contributed by atoms with van der Waals surface area (Å²) in [6, 6.07) is 8.47. The molecule has 0 bridgehead atoms. The van der Waals surface area contributed by atoms with Gasteiger partial charge in [0.25, 0.3) is 5.91 Å². The van der Waals surface area contributed by atoms with Gasteiger partial charge in [-0.2, -0.15) is 5.10 Å². The fourth-order valence-electron chi connectivity index (χ4n) is 2.28. The summed E-state index contributed by atoms with van der Waals surface area (Å²) in [6.07, 6.45) is 0.666. The van der Waals surface area contributed by atoms with Crippen LogP contribution in [0.25, 0.3) is 0 Å². The minimum atomic E-state index is -0.940. The molecule has 7 heteroatoms. The molecule has 2 rings (SSSR count). The van der Waals surface area contributed by atoms with Crippen LogP contribution in [0.3, 0.4) is 0 Å². The molecule has 7 nitrogen and oxygen atoms in total. The Labute approximate surface area is 159 Å². The van der Waals surface area contributed by atoms with E-state index in [-0.39, 0.29) is 6.04 Å². The van der Waals surface area contributed by atoms with Gasteiger partial charge in [-0.05, 0) is 51.0 Å². The monoisotopic (exact) mass is 373 g/mol. The van der Waals surface area contributed by atoms with Crippen LogP contribution in [-0.4, -0.2) is 34.4 Å². The van der Waals surface area contributed by atoms with Gasteiger partial charge in [-0.3, -0.25) is 4.79 Å². The van der Waals surface area contributed by atoms with Crippen LogP contribution in [0.4, 0.5) is 5.82 Å². The zero-order chi connectivity index (χ0) is 20.0. The minimum Gasteiger partial charge on any atom is -0.493 e. The first-order chi connectivity index (χ1) is 12.8. The largest absolute Gasteiger partial charge is 0.493 e. The van der Waals surface area contributed by atoms with Crippen LogP contribution in [0, 0.1) is 5.92 Å². The molecule has 1 amide bonds. The fourth-order valence-corrected chi connectivity index (χ4v) is 2.28. The van der Waals surface area contributed by atoms with Crippen molar-refractivity contribution in [1.82, 2.24) is 9.78 Å². The second-order valence-corrected chi connectivity index (χ2v) is 7.02. The lowest BCUT2D eigenvalue weighted by Gasteiger charge is -2.16. The highest BCUT2D eigenvalue weighted by atomic mass is 16.5. The lowest BCUT2D eigenvalue weighted by molar-refractivity contribution is -0.123. The number of esters is 1. The molecule has 27 heavy (non-hydrogen) atoms. The quantitative estimate of drug-likeness (QED) is 0.714. The predicted molar refractivity (Wildman–Crippen MR) is 103 cm³/mol. The van der Waals surface area contributed by atoms with E-state index >= 15 is 0 Å². The molecule has 0 saturated carbocycles. The Morgan fingerprint density at radius 1 is 1.07 bits per heavy atom. The van der Waals surface area contributed by atoms with Crippen LogP contribution in [0.5, 0.6) is 5.75 Å². The molecule has 0 radical (unpaired) electrons. The van der Waals surface area contributed by atoms with Gasteiger partial charge in [0.1, 0.15) is 11.6 Å². The Balaban J connectivity index is 1.92. The van der Waals surface area contributed by atoms with E-state index in [4.69, 9.17) is 9.47 Å². The van der Waals surface area contributed by atoms with Crippen molar-refractivity contribution >= 4 is 17.7 Å². The van der Waals surface area contributed by atoms with Gasteiger partial charge in [-0.25, -0.2) is 9.48 Å². The van der Waals surface area contributed by atoms with Gasteiger partial charge in [0.15, 0.2) is 6.10 Å². The summed E-state index contributed by atoms with van der Waals surface area (Å²) in [5.41, 5.74) is 0.360. The molecule has 1 atom stereocenters. The number of hydrogen-bond donors (Lipinski definition) is 1. The lowest BCUT2D eigenvalue weighted by atomic mass is 10.2. The predicted octanol–water partition coefficient (Wildman–Crippen LogP) is 3.68. The number of nitrogens with zero attached hydrogens (tertiary/aromatic N) is 2. The number of ether oxygens (including phenoxy) is 2. The third-order valence-corrected chi connectivity index (χ3v) is 3.74. The second kappa shape index (κ2) is 9.21. The van der Waals surface area contributed by atoms with E-state index < -0.39 is 18.0 Å². The zero-order valence-electron chi connectivity index (χ0n) is 16.4. The van der Waals surface area contributed by atoms with Crippen LogP contribution < -0.4 is 10.1 Å². The summed E-state index contributed by atoms with van der Waals surface area (Å²) in [4.78, 5) is 24.6. The number of amides is 1. The Morgan fingerprint density at radius 2 is 1.74 bits per heavy atom. The van der Waals surface area contributed by atoms with Crippen LogP contribution in [0.1, 0.15) is 51.0 Å². The van der Waals surface area contributed by atoms with Gasteiger partial charge < -0.3 is 14.8 Å². The van der Waals surface area contributed by atoms with E-state index in [1.807, 2.05) is 13.8 Å². The normalized spacial score (nSPS) is 12.1. The first-order valence-corrected chi connectivity index (χ1v) is 9.06. The smallest absolute Gasteiger partial charge is 0.338 e. The number of benzene rings is 1. The first-order valence-electron chi connectivity index (χ1n) is 9.06. The van der Waals surface area contributed by atoms with Gasteiger partial charge in [-0.1, -0.05) is 13.8 Å². The van der Waals surface area contributed by atoms with Gasteiger partial charge >= 0.3 is 5.97 Å². The van der Waals surface area contributed by atoms with Crippen LogP contribution in [0.15, 0.2) is 36.5 Å². The summed E-state index contributed by atoms with van der Waals surface area (Å²) < 4.78 is 12.5. The topological polar surface area (TPSA) is 82.4 Å². The third kappa shape index (κ3) is 5.84. The number of carbonyl (C=O) groups excluding carboxylic acids is 2. The standard InChI is InChI=1S/C20H27N3O4/c1-13(2)12-26-17-8-6-16(7-9-17)20(25)27-15(5)19(24)22-18-10-11-21-23(18)14(3)4/h6-11,13-15H,12H2,1-5H3,(H,22,24)/t15-/m0/s1. The van der Waals surface area contributed by atoms with E-state index in [2.05, 4.69) is 24.3 Å². The number of carbonyl (C=O) groups is 2. The van der Waals surface area contributed by atoms with E-state index in [1.165, 1.54) is 6.92 Å². The van der Waals surface area contributed by atoms with Crippen molar-refractivity contribution < 1.29 is 19.1 Å². The van der Waals surface area contributed by atoms with Crippen molar-refractivity contribution in [2.45, 2.75) is 46.8 Å². The van der Waals surface area contributed by atoms with Crippen LogP contribution >= 0.6 is 0 Å². The molecule has 2 aromatic rings. The maximum absolute atomic E-state index is 12.3. The number of anilines is 1. The number of rotatable bonds is 8. The van der Waals surface area contributed by atoms with Crippen LogP contribution in [0.2, 0.25) is 0 Å². The Morgan fingerprint density at radius 3 is 2.33 bits per heavy atom. The first kappa shape index (κ1) is 20.5. The molecule has 0 aliphatic heterocycles. The highest BCUT2D eigenvalue weighted by Gasteiger charge is 2.20. The minimum absolute atomic E-state index is 0.101. The van der Waals surface area contributed by atoms with E-state index in [9.17, 15) is 9.59 Å². The van der Waals surface area contributed by atoms with Gasteiger partial charge in [-0.15, -0.1) is 0 Å². The number of nitrogens with one attached hydrogen (secondary N) is 1. The fraction of sp³-hybridized carbons (Fsp3) is 0.450. The van der Waals surface area contributed by atoms with Gasteiger partial charge in [0.2, 0.25) is 0 Å². The highest BCUT2D eigenvalue weighted by molar-refractivity contribution is 5.96. The molecule has 0 aliphatic rings. The summed E-state index contributed by atoms with van der Waals surface area (Å²) in [5, 5.41) is 6.88. The average molecular weight is 373 g/mol. The molecule has 1 aromatic heterocycles. The number of aromatic nitrogens is 2. The SMILES string of the molecule is CC(C)COc1ccc(C(=O)O[C@@H](C)C(=O)Nc2ccnn2C(C)C)cc1. The van der Waals surface area contributed by atoms with Crippen molar-refractivity contribution in [1.29, 1.82) is 0 Å². The highest BCUT2D eigenvalue weighted by Crippen LogP contribution is 2.16. The van der Waals surface area contributed by atoms with Crippen molar-refractivity contribution in [2.75, 3.05) is 11.9 Å². The molecule has 1 heterocycles. The third-order valence-electron chi connectivity index (χ3n) is 3.74. The lowest BCUT2D eigenvalue weighted by Crippen LogP contribution is -2.31. The second-order valence-electron chi connectivity index (χ2n) is 7.02. The maximum Gasteiger partial charge on any atom is 0.338 e. The molecule has 0 spiro atoms. The molecular weight excluding hydrogens is 346 g/mol. The Bertz CT molecular complexity index is 766. The molecule has 0 fully saturated rings. The summed E-state index contributed by atoms with van der Waals surface area (Å²) in [7, 11) is 0. The molecule has 146 valence electrons. The molecule has 0 aliphatic carbocycles. The zero-order valence-corrected chi connectivity index (χ0v) is 16.4. The molecule has 1 aromatic carbocycles. The maximum atomic E-state index is 12.3. The van der Waals surface area contributed by atoms with Gasteiger partial charge in [0.05, 0.1) is 18.4 Å². The Kier molecular flexibility index (Phi) is 6.98. The summed E-state index contributed by atoms with van der Waals surface area (Å²) in [5.74, 6) is 0.687. The van der Waals surface area contributed by atoms with Gasteiger partial charge in [0, 0.05) is 12.1 Å². The molecule has 1 N–H and O–H groups in total.